The number of nitrogens with zero attached hydrogens (tertiary/aromatic N) is 4. The number of hydrogen-bond donors (Lipinski definition) is 0. The van der Waals surface area contributed by atoms with Gasteiger partial charge >= 0.3 is 0 Å². The molecule has 2 aliphatic rings. The first-order valence-electron chi connectivity index (χ1n) is 9.12. The van der Waals surface area contributed by atoms with Gasteiger partial charge in [-0.1, -0.05) is 30.3 Å². The summed E-state index contributed by atoms with van der Waals surface area (Å²) in [5.41, 5.74) is 1.12. The molecule has 26 heavy (non-hydrogen) atoms. The van der Waals surface area contributed by atoms with Crippen molar-refractivity contribution >= 4 is 11.8 Å². The highest BCUT2D eigenvalue weighted by Crippen LogP contribution is 2.32. The zero-order valence-electron chi connectivity index (χ0n) is 14.6. The second-order valence-corrected chi connectivity index (χ2v) is 7.01. The van der Waals surface area contributed by atoms with Gasteiger partial charge in [-0.05, 0) is 30.4 Å². The van der Waals surface area contributed by atoms with E-state index in [1.165, 1.54) is 0 Å². The van der Waals surface area contributed by atoms with E-state index in [-0.39, 0.29) is 23.7 Å². The fourth-order valence-corrected chi connectivity index (χ4v) is 4.04. The molecule has 0 saturated carbocycles. The number of rotatable bonds is 3. The molecule has 2 aromatic rings. The number of benzene rings is 1. The zero-order chi connectivity index (χ0) is 17.9. The lowest BCUT2D eigenvalue weighted by molar-refractivity contribution is -0.133. The smallest absolute Gasteiger partial charge is 0.291 e. The topological polar surface area (TPSA) is 66.4 Å². The molecule has 1 aromatic heterocycles. The molecule has 2 saturated heterocycles. The lowest BCUT2D eigenvalue weighted by Gasteiger charge is -2.30. The molecule has 0 N–H and O–H groups in total. The number of aromatic nitrogens is 2. The number of carbonyl (C=O) groups is 2. The molecule has 0 unspecified atom stereocenters. The van der Waals surface area contributed by atoms with Crippen LogP contribution in [0.2, 0.25) is 0 Å². The van der Waals surface area contributed by atoms with Crippen LogP contribution in [0.3, 0.4) is 0 Å². The second kappa shape index (κ2) is 7.23. The van der Waals surface area contributed by atoms with Crippen molar-refractivity contribution in [3.05, 3.63) is 60.2 Å². The molecule has 2 fully saturated rings. The van der Waals surface area contributed by atoms with Gasteiger partial charge in [0.05, 0.1) is 6.04 Å². The Balaban J connectivity index is 1.54. The van der Waals surface area contributed by atoms with Crippen LogP contribution in [0, 0.1) is 5.92 Å². The van der Waals surface area contributed by atoms with Crippen molar-refractivity contribution in [2.45, 2.75) is 31.8 Å². The maximum atomic E-state index is 12.7. The van der Waals surface area contributed by atoms with Gasteiger partial charge in [0.1, 0.15) is 0 Å². The summed E-state index contributed by atoms with van der Waals surface area (Å²) < 4.78 is 0. The van der Waals surface area contributed by atoms with Crippen LogP contribution in [0.25, 0.3) is 0 Å². The standard InChI is InChI=1S/C20H22N4O2/c25-18-9-4-8-16-13-23(20(26)19-21-10-5-11-22-19)14-17(16)24(18)12-15-6-2-1-3-7-15/h1-3,5-7,10-11,16-17H,4,8-9,12-14H2/t16-,17+/m1/s1. The van der Waals surface area contributed by atoms with Crippen molar-refractivity contribution < 1.29 is 9.59 Å². The van der Waals surface area contributed by atoms with Crippen molar-refractivity contribution in [2.24, 2.45) is 5.92 Å². The first-order chi connectivity index (χ1) is 12.7. The van der Waals surface area contributed by atoms with Crippen LogP contribution in [0.5, 0.6) is 0 Å². The molecule has 3 heterocycles. The monoisotopic (exact) mass is 350 g/mol. The summed E-state index contributed by atoms with van der Waals surface area (Å²) in [6.07, 6.45) is 5.62. The highest BCUT2D eigenvalue weighted by Gasteiger charge is 2.42. The molecule has 4 rings (SSSR count). The molecule has 0 spiro atoms. The van der Waals surface area contributed by atoms with Crippen LogP contribution < -0.4 is 0 Å². The van der Waals surface area contributed by atoms with Crippen molar-refractivity contribution in [3.63, 3.8) is 0 Å². The van der Waals surface area contributed by atoms with Gasteiger partial charge in [0.2, 0.25) is 11.7 Å². The predicted molar refractivity (Wildman–Crippen MR) is 96.1 cm³/mol. The minimum Gasteiger partial charge on any atom is -0.333 e. The quantitative estimate of drug-likeness (QED) is 0.850. The van der Waals surface area contributed by atoms with E-state index >= 15 is 0 Å². The Morgan fingerprint density at radius 1 is 1.08 bits per heavy atom. The van der Waals surface area contributed by atoms with Gasteiger partial charge in [-0.2, -0.15) is 0 Å². The van der Waals surface area contributed by atoms with E-state index in [2.05, 4.69) is 9.97 Å². The summed E-state index contributed by atoms with van der Waals surface area (Å²) in [7, 11) is 0. The van der Waals surface area contributed by atoms with E-state index in [9.17, 15) is 9.59 Å². The normalized spacial score (nSPS) is 22.8. The van der Waals surface area contributed by atoms with Crippen LogP contribution in [-0.4, -0.2) is 50.7 Å². The van der Waals surface area contributed by atoms with Gasteiger partial charge in [0.25, 0.3) is 5.91 Å². The van der Waals surface area contributed by atoms with E-state index < -0.39 is 0 Å². The Hall–Kier alpha value is -2.76. The van der Waals surface area contributed by atoms with Crippen LogP contribution in [0.1, 0.15) is 35.4 Å². The van der Waals surface area contributed by atoms with E-state index in [1.54, 1.807) is 23.4 Å². The van der Waals surface area contributed by atoms with E-state index in [0.717, 1.165) is 18.4 Å². The van der Waals surface area contributed by atoms with Crippen LogP contribution in [0.15, 0.2) is 48.8 Å². The Labute approximate surface area is 152 Å². The van der Waals surface area contributed by atoms with Gasteiger partial charge in [0.15, 0.2) is 0 Å². The fourth-order valence-electron chi connectivity index (χ4n) is 4.04. The first kappa shape index (κ1) is 16.7. The third-order valence-electron chi connectivity index (χ3n) is 5.33. The molecule has 6 nitrogen and oxygen atoms in total. The molecule has 134 valence electrons. The average molecular weight is 350 g/mol. The summed E-state index contributed by atoms with van der Waals surface area (Å²) in [5.74, 6) is 0.583. The molecule has 0 bridgehead atoms. The summed E-state index contributed by atoms with van der Waals surface area (Å²) in [4.78, 5) is 37.4. The Morgan fingerprint density at radius 2 is 1.85 bits per heavy atom. The average Bonchev–Trinajstić information content (AvgIpc) is 3.05. The third kappa shape index (κ3) is 3.31. The summed E-state index contributed by atoms with van der Waals surface area (Å²) >= 11 is 0. The highest BCUT2D eigenvalue weighted by molar-refractivity contribution is 5.90. The second-order valence-electron chi connectivity index (χ2n) is 7.01. The molecule has 0 radical (unpaired) electrons. The largest absolute Gasteiger partial charge is 0.333 e. The SMILES string of the molecule is O=C(c1ncccn1)N1C[C@H]2CCCC(=O)N(Cc3ccccc3)[C@H]2C1. The van der Waals surface area contributed by atoms with Gasteiger partial charge in [-0.25, -0.2) is 9.97 Å². The zero-order valence-corrected chi connectivity index (χ0v) is 14.6. The number of fused-ring (bicyclic) bond motifs is 1. The van der Waals surface area contributed by atoms with Gasteiger partial charge in [0, 0.05) is 38.4 Å². The number of likely N-dealkylation sites (tertiary alicyclic amines) is 2. The number of carbonyl (C=O) groups excluding carboxylic acids is 2. The minimum atomic E-state index is -0.147. The van der Waals surface area contributed by atoms with Crippen molar-refractivity contribution in [1.82, 2.24) is 19.8 Å². The lowest BCUT2D eigenvalue weighted by Crippen LogP contribution is -2.43. The lowest BCUT2D eigenvalue weighted by atomic mass is 9.98. The fraction of sp³-hybridized carbons (Fsp3) is 0.400. The molecular weight excluding hydrogens is 328 g/mol. The Morgan fingerprint density at radius 3 is 2.62 bits per heavy atom. The van der Waals surface area contributed by atoms with E-state index in [4.69, 9.17) is 0 Å². The number of amides is 2. The highest BCUT2D eigenvalue weighted by atomic mass is 16.2. The van der Waals surface area contributed by atoms with Crippen LogP contribution >= 0.6 is 0 Å². The van der Waals surface area contributed by atoms with E-state index in [0.29, 0.717) is 32.0 Å². The van der Waals surface area contributed by atoms with Gasteiger partial charge in [-0.3, -0.25) is 9.59 Å². The molecular formula is C20H22N4O2. The summed E-state index contributed by atoms with van der Waals surface area (Å²) in [5, 5.41) is 0. The molecule has 1 aromatic carbocycles. The summed E-state index contributed by atoms with van der Waals surface area (Å²) in [6, 6.07) is 11.8. The maximum absolute atomic E-state index is 12.7. The van der Waals surface area contributed by atoms with Crippen molar-refractivity contribution in [1.29, 1.82) is 0 Å². The van der Waals surface area contributed by atoms with Crippen LogP contribution in [-0.2, 0) is 11.3 Å². The molecule has 2 amide bonds. The van der Waals surface area contributed by atoms with Crippen LogP contribution in [0.4, 0.5) is 0 Å². The Kier molecular flexibility index (Phi) is 4.65. The third-order valence-corrected chi connectivity index (χ3v) is 5.33. The van der Waals surface area contributed by atoms with Gasteiger partial charge < -0.3 is 9.80 Å². The van der Waals surface area contributed by atoms with Crippen molar-refractivity contribution in [3.8, 4) is 0 Å². The Bertz CT molecular complexity index is 781. The molecule has 0 aliphatic carbocycles. The molecule has 6 heteroatoms. The minimum absolute atomic E-state index is 0.0675. The molecule has 2 aliphatic heterocycles. The van der Waals surface area contributed by atoms with E-state index in [1.807, 2.05) is 35.2 Å². The number of hydrogen-bond acceptors (Lipinski definition) is 4. The van der Waals surface area contributed by atoms with Crippen molar-refractivity contribution in [2.75, 3.05) is 13.1 Å². The predicted octanol–water partition coefficient (Wildman–Crippen LogP) is 2.13. The van der Waals surface area contributed by atoms with Gasteiger partial charge in [-0.15, -0.1) is 0 Å². The summed E-state index contributed by atoms with van der Waals surface area (Å²) in [6.45, 7) is 1.82. The first-order valence-corrected chi connectivity index (χ1v) is 9.12. The maximum Gasteiger partial charge on any atom is 0.291 e. The molecule has 2 atom stereocenters.